The minimum Gasteiger partial charge on any atom is -0.341 e. The van der Waals surface area contributed by atoms with Crippen molar-refractivity contribution in [2.45, 2.75) is 24.6 Å². The van der Waals surface area contributed by atoms with E-state index in [-0.39, 0.29) is 5.69 Å². The van der Waals surface area contributed by atoms with E-state index in [1.165, 1.54) is 16.9 Å². The van der Waals surface area contributed by atoms with Crippen LogP contribution in [0.4, 0.5) is 13.2 Å². The van der Waals surface area contributed by atoms with Gasteiger partial charge in [0.2, 0.25) is 0 Å². The number of hydrogen-bond donors (Lipinski definition) is 1. The largest absolute Gasteiger partial charge is 0.416 e. The predicted octanol–water partition coefficient (Wildman–Crippen LogP) is 3.17. The van der Waals surface area contributed by atoms with Gasteiger partial charge in [-0.1, -0.05) is 18.2 Å². The van der Waals surface area contributed by atoms with Gasteiger partial charge in [0, 0.05) is 0 Å². The molecular weight excluding hydrogens is 333 g/mol. The summed E-state index contributed by atoms with van der Waals surface area (Å²) in [4.78, 5) is 16.7. The number of rotatable bonds is 3. The Morgan fingerprint density at radius 1 is 1.16 bits per heavy atom. The van der Waals surface area contributed by atoms with Gasteiger partial charge in [0.25, 0.3) is 5.91 Å². The molecule has 0 bridgehead atoms. The fourth-order valence-electron chi connectivity index (χ4n) is 2.90. The molecule has 0 unspecified atom stereocenters. The van der Waals surface area contributed by atoms with Crippen molar-refractivity contribution in [1.82, 2.24) is 19.9 Å². The number of aromatic nitrogens is 3. The molecule has 2 aromatic heterocycles. The lowest BCUT2D eigenvalue weighted by atomic mass is 10.0. The molecule has 1 N–H and O–H groups in total. The van der Waals surface area contributed by atoms with Crippen molar-refractivity contribution in [3.05, 3.63) is 65.6 Å². The van der Waals surface area contributed by atoms with Crippen LogP contribution in [0.5, 0.6) is 0 Å². The molecule has 0 aliphatic heterocycles. The molecular formula is C17H13F3N4O. The molecule has 25 heavy (non-hydrogen) atoms. The summed E-state index contributed by atoms with van der Waals surface area (Å²) in [6.07, 6.45) is -1.89. The van der Waals surface area contributed by atoms with E-state index in [0.717, 1.165) is 12.1 Å². The predicted molar refractivity (Wildman–Crippen MR) is 82.8 cm³/mol. The fourth-order valence-corrected chi connectivity index (χ4v) is 2.90. The summed E-state index contributed by atoms with van der Waals surface area (Å²) < 4.78 is 40.2. The van der Waals surface area contributed by atoms with Gasteiger partial charge in [0.1, 0.15) is 12.0 Å². The number of carbonyl (C=O) groups excluding carboxylic acids is 1. The van der Waals surface area contributed by atoms with E-state index in [9.17, 15) is 18.0 Å². The molecule has 8 heteroatoms. The molecule has 1 fully saturated rings. The third-order valence-corrected chi connectivity index (χ3v) is 4.38. The lowest BCUT2D eigenvalue weighted by Gasteiger charge is -2.19. The number of halogens is 3. The van der Waals surface area contributed by atoms with Crippen molar-refractivity contribution in [2.75, 3.05) is 0 Å². The number of carbonyl (C=O) groups is 1. The van der Waals surface area contributed by atoms with Crippen LogP contribution < -0.4 is 5.32 Å². The number of amides is 1. The van der Waals surface area contributed by atoms with E-state index in [2.05, 4.69) is 15.4 Å². The lowest BCUT2D eigenvalue weighted by Crippen LogP contribution is -2.36. The maximum absolute atomic E-state index is 12.9. The van der Waals surface area contributed by atoms with Crippen molar-refractivity contribution < 1.29 is 18.0 Å². The van der Waals surface area contributed by atoms with Gasteiger partial charge in [-0.3, -0.25) is 4.79 Å². The number of alkyl halides is 3. The first-order valence-corrected chi connectivity index (χ1v) is 7.68. The van der Waals surface area contributed by atoms with Crippen LogP contribution in [0, 0.1) is 0 Å². The minimum absolute atomic E-state index is 0.285. The molecule has 1 aliphatic rings. The van der Waals surface area contributed by atoms with Crippen LogP contribution in [0.2, 0.25) is 0 Å². The van der Waals surface area contributed by atoms with Crippen LogP contribution in [-0.4, -0.2) is 20.5 Å². The zero-order chi connectivity index (χ0) is 17.7. The van der Waals surface area contributed by atoms with E-state index in [1.807, 2.05) is 0 Å². The third kappa shape index (κ3) is 2.73. The summed E-state index contributed by atoms with van der Waals surface area (Å²) in [5.74, 6) is -0.397. The first kappa shape index (κ1) is 15.6. The Hall–Kier alpha value is -2.90. The van der Waals surface area contributed by atoms with E-state index in [0.29, 0.717) is 24.1 Å². The zero-order valence-corrected chi connectivity index (χ0v) is 12.9. The normalized spacial score (nSPS) is 16.0. The second kappa shape index (κ2) is 5.30. The highest BCUT2D eigenvalue weighted by molar-refractivity contribution is 5.94. The standard InChI is InChI=1S/C17H13F3N4O/c18-17(19,20)12-4-1-3-11(9-12)16(7-8-16)23-15(25)13-5-2-6-14-21-10-22-24(13)14/h1-6,9-10H,7-8H2,(H,23,25). The Morgan fingerprint density at radius 3 is 2.64 bits per heavy atom. The highest BCUT2D eigenvalue weighted by atomic mass is 19.4. The maximum Gasteiger partial charge on any atom is 0.416 e. The summed E-state index contributed by atoms with van der Waals surface area (Å²) in [6, 6.07) is 10.1. The molecule has 1 amide bonds. The minimum atomic E-state index is -4.41. The van der Waals surface area contributed by atoms with Gasteiger partial charge >= 0.3 is 6.18 Å². The molecule has 3 aromatic rings. The smallest absolute Gasteiger partial charge is 0.341 e. The number of hydrogen-bond acceptors (Lipinski definition) is 3. The molecule has 4 rings (SSSR count). The van der Waals surface area contributed by atoms with E-state index < -0.39 is 23.2 Å². The van der Waals surface area contributed by atoms with Gasteiger partial charge in [0.15, 0.2) is 5.65 Å². The Kier molecular flexibility index (Phi) is 3.31. The molecule has 1 saturated carbocycles. The van der Waals surface area contributed by atoms with Gasteiger partial charge in [-0.25, -0.2) is 9.50 Å². The summed E-state index contributed by atoms with van der Waals surface area (Å²) >= 11 is 0. The number of nitrogens with zero attached hydrogens (tertiary/aromatic N) is 3. The van der Waals surface area contributed by atoms with Crippen molar-refractivity contribution in [3.8, 4) is 0 Å². The molecule has 0 atom stereocenters. The quantitative estimate of drug-likeness (QED) is 0.792. The summed E-state index contributed by atoms with van der Waals surface area (Å²) in [5.41, 5.74) is -0.212. The molecule has 0 saturated heterocycles. The van der Waals surface area contributed by atoms with Crippen LogP contribution in [0.15, 0.2) is 48.8 Å². The molecule has 5 nitrogen and oxygen atoms in total. The van der Waals surface area contributed by atoms with Gasteiger partial charge in [-0.2, -0.15) is 18.3 Å². The Morgan fingerprint density at radius 2 is 1.92 bits per heavy atom. The molecule has 2 heterocycles. The van der Waals surface area contributed by atoms with Crippen molar-refractivity contribution in [2.24, 2.45) is 0 Å². The Bertz CT molecular complexity index is 960. The average Bonchev–Trinajstić information content (AvgIpc) is 3.20. The number of benzene rings is 1. The second-order valence-electron chi connectivity index (χ2n) is 6.06. The van der Waals surface area contributed by atoms with Gasteiger partial charge < -0.3 is 5.32 Å². The van der Waals surface area contributed by atoms with Crippen LogP contribution in [0.3, 0.4) is 0 Å². The van der Waals surface area contributed by atoms with Crippen molar-refractivity contribution >= 4 is 11.6 Å². The number of pyridine rings is 1. The van der Waals surface area contributed by atoms with Crippen LogP contribution in [0.25, 0.3) is 5.65 Å². The van der Waals surface area contributed by atoms with E-state index in [4.69, 9.17) is 0 Å². The SMILES string of the molecule is O=C(NC1(c2cccc(C(F)(F)F)c2)CC1)c1cccc2ncnn12. The number of fused-ring (bicyclic) bond motifs is 1. The van der Waals surface area contributed by atoms with Gasteiger partial charge in [0.05, 0.1) is 11.1 Å². The topological polar surface area (TPSA) is 59.3 Å². The van der Waals surface area contributed by atoms with Crippen LogP contribution in [0.1, 0.15) is 34.5 Å². The first-order valence-electron chi connectivity index (χ1n) is 7.68. The monoisotopic (exact) mass is 346 g/mol. The molecule has 1 aromatic carbocycles. The molecule has 1 aliphatic carbocycles. The third-order valence-electron chi connectivity index (χ3n) is 4.38. The summed E-state index contributed by atoms with van der Waals surface area (Å²) in [7, 11) is 0. The Labute approximate surface area is 140 Å². The average molecular weight is 346 g/mol. The van der Waals surface area contributed by atoms with Crippen molar-refractivity contribution in [3.63, 3.8) is 0 Å². The van der Waals surface area contributed by atoms with Gasteiger partial charge in [-0.05, 0) is 42.7 Å². The molecule has 0 spiro atoms. The van der Waals surface area contributed by atoms with Gasteiger partial charge in [-0.15, -0.1) is 0 Å². The van der Waals surface area contributed by atoms with Crippen LogP contribution >= 0.6 is 0 Å². The zero-order valence-electron chi connectivity index (χ0n) is 12.9. The molecule has 128 valence electrons. The maximum atomic E-state index is 12.9. The summed E-state index contributed by atoms with van der Waals surface area (Å²) in [5, 5.41) is 6.87. The van der Waals surface area contributed by atoms with E-state index in [1.54, 1.807) is 24.3 Å². The first-order chi connectivity index (χ1) is 11.9. The lowest BCUT2D eigenvalue weighted by molar-refractivity contribution is -0.137. The summed E-state index contributed by atoms with van der Waals surface area (Å²) in [6.45, 7) is 0. The fraction of sp³-hybridized carbons (Fsp3) is 0.235. The van der Waals surface area contributed by atoms with E-state index >= 15 is 0 Å². The highest BCUT2D eigenvalue weighted by Crippen LogP contribution is 2.46. The number of nitrogens with one attached hydrogen (secondary N) is 1. The highest BCUT2D eigenvalue weighted by Gasteiger charge is 2.47. The van der Waals surface area contributed by atoms with Crippen molar-refractivity contribution in [1.29, 1.82) is 0 Å². The molecule has 0 radical (unpaired) electrons. The second-order valence-corrected chi connectivity index (χ2v) is 6.06. The Balaban J connectivity index is 1.64. The van der Waals surface area contributed by atoms with Crippen LogP contribution in [-0.2, 0) is 11.7 Å².